The van der Waals surface area contributed by atoms with Crippen LogP contribution in [0.3, 0.4) is 0 Å². The Morgan fingerprint density at radius 2 is 1.16 bits per heavy atom. The van der Waals surface area contributed by atoms with E-state index in [1.54, 1.807) is 0 Å². The molecule has 0 nitrogen and oxygen atoms in total. The van der Waals surface area contributed by atoms with E-state index in [-0.39, 0.29) is 35.6 Å². The first-order chi connectivity index (χ1) is 24.8. The third-order valence-electron chi connectivity index (χ3n) is 11.1. The van der Waals surface area contributed by atoms with Crippen LogP contribution < -0.4 is 24.8 Å². The van der Waals surface area contributed by atoms with Crippen LogP contribution in [0.5, 0.6) is 0 Å². The Hall–Kier alpha value is -2.38. The summed E-state index contributed by atoms with van der Waals surface area (Å²) in [6, 6.07) is 28.0. The van der Waals surface area contributed by atoms with E-state index in [1.165, 1.54) is 88.0 Å². The maximum Gasteiger partial charge on any atom is -1.00 e. The second-order valence-electron chi connectivity index (χ2n) is 17.4. The van der Waals surface area contributed by atoms with Gasteiger partial charge >= 0.3 is 120 Å². The van der Waals surface area contributed by atoms with E-state index in [4.69, 9.17) is 23.2 Å². The van der Waals surface area contributed by atoms with Crippen molar-refractivity contribution in [2.24, 2.45) is 11.3 Å². The summed E-state index contributed by atoms with van der Waals surface area (Å²) < 4.78 is 1.26. The number of hydrogen-bond acceptors (Lipinski definition) is 0. The first-order valence-corrected chi connectivity index (χ1v) is 20.8. The van der Waals surface area contributed by atoms with Crippen molar-refractivity contribution in [1.82, 2.24) is 0 Å². The van der Waals surface area contributed by atoms with Crippen molar-refractivity contribution in [3.63, 3.8) is 0 Å². The van der Waals surface area contributed by atoms with Crippen LogP contribution in [-0.4, -0.2) is 3.21 Å². The average Bonchev–Trinajstić information content (AvgIpc) is 3.71. The van der Waals surface area contributed by atoms with Gasteiger partial charge in [0.1, 0.15) is 0 Å². The Morgan fingerprint density at radius 1 is 0.727 bits per heavy atom. The minimum atomic E-state index is 0. The Labute approximate surface area is 367 Å². The van der Waals surface area contributed by atoms with Crippen molar-refractivity contribution in [2.75, 3.05) is 0 Å². The van der Waals surface area contributed by atoms with Crippen molar-refractivity contribution < 1.29 is 49.0 Å². The van der Waals surface area contributed by atoms with E-state index in [2.05, 4.69) is 142 Å². The van der Waals surface area contributed by atoms with Gasteiger partial charge in [-0.3, -0.25) is 6.08 Å². The Bertz CT molecular complexity index is 2210. The quantitative estimate of drug-likeness (QED) is 0.156. The van der Waals surface area contributed by atoms with Gasteiger partial charge < -0.3 is 24.8 Å². The molecule has 0 spiro atoms. The maximum absolute atomic E-state index is 5.98. The molecule has 5 aromatic carbocycles. The smallest absolute Gasteiger partial charge is 1.00 e. The zero-order chi connectivity index (χ0) is 38.5. The fourth-order valence-corrected chi connectivity index (χ4v) is 8.79. The molecule has 3 aliphatic carbocycles. The number of benzene rings is 4. The molecule has 0 radical (unpaired) electrons. The molecule has 0 N–H and O–H groups in total. The molecular weight excluding hydrogens is 834 g/mol. The number of fused-ring (bicyclic) bond motifs is 5. The summed E-state index contributed by atoms with van der Waals surface area (Å²) in [5.41, 5.74) is 13.2. The average molecular weight is 886 g/mol. The minimum Gasteiger partial charge on any atom is -1.00 e. The third kappa shape index (κ3) is 10.0. The van der Waals surface area contributed by atoms with Gasteiger partial charge in [0.2, 0.25) is 0 Å². The minimum absolute atomic E-state index is 0. The van der Waals surface area contributed by atoms with E-state index < -0.39 is 0 Å². The van der Waals surface area contributed by atoms with Gasteiger partial charge in [-0.25, -0.2) is 6.08 Å². The first-order valence-electron chi connectivity index (χ1n) is 18.8. The van der Waals surface area contributed by atoms with Crippen molar-refractivity contribution in [3.8, 4) is 0 Å². The van der Waals surface area contributed by atoms with Gasteiger partial charge in [0, 0.05) is 0 Å². The molecule has 5 heteroatoms. The van der Waals surface area contributed by atoms with Crippen LogP contribution in [0.1, 0.15) is 115 Å². The van der Waals surface area contributed by atoms with Crippen LogP contribution in [0.15, 0.2) is 109 Å². The Balaban J connectivity index is 0.000000205. The van der Waals surface area contributed by atoms with E-state index >= 15 is 0 Å². The standard InChI is InChI=1S/C27H29.C13H8Cl2.C10H15.2ClH.Zr/c1-16-7-9-26(3,4)24-12-18-11-19-13-25-21(17(2)8-10-27(25,5)6)15-23(19)22(18)14-20(16)24;14-12-5-1-3-10(8-12)7-11-4-2-6-13(15)9-11;1-8-5-6-9(7-8)10(2,3)4;;;/h7-8,11-15H,9-10H2,1-6H3;1-6,8-9H;6-8H,1-4H3;2*1H;/q-1;;-1;;;+2/p-2. The van der Waals surface area contributed by atoms with Gasteiger partial charge in [0.05, 0.1) is 0 Å². The van der Waals surface area contributed by atoms with E-state index in [1.807, 2.05) is 36.4 Å². The SMILES string of the molecule is CC1=CCC(C)(C)c2cc3[cH-]c4cc5c(cc4c3cc21)C(C)=CCC5(C)C.CC1[C-]=CC(C(C)(C)C)=C1.Clc1cccc([C](=[Zr+2])c2cccc(Cl)c2)c1.[Cl-].[Cl-]. The van der Waals surface area contributed by atoms with Gasteiger partial charge in [0.15, 0.2) is 0 Å². The van der Waals surface area contributed by atoms with E-state index in [9.17, 15) is 0 Å². The molecule has 0 fully saturated rings. The molecule has 0 aliphatic heterocycles. The van der Waals surface area contributed by atoms with Gasteiger partial charge in [-0.05, 0) is 59.8 Å². The van der Waals surface area contributed by atoms with Gasteiger partial charge in [-0.1, -0.05) is 102 Å². The van der Waals surface area contributed by atoms with Crippen LogP contribution in [0.4, 0.5) is 0 Å². The fourth-order valence-electron chi connectivity index (χ4n) is 7.64. The predicted octanol–water partition coefficient (Wildman–Crippen LogP) is 8.97. The molecule has 0 heterocycles. The molecule has 0 saturated heterocycles. The van der Waals surface area contributed by atoms with Gasteiger partial charge in [-0.2, -0.15) is 11.6 Å². The molecular formula is C50H52Cl4Zr-2. The van der Waals surface area contributed by atoms with Crippen LogP contribution >= 0.6 is 23.2 Å². The first kappa shape index (κ1) is 45.3. The fraction of sp³-hybridized carbons (Fsp3) is 0.320. The summed E-state index contributed by atoms with van der Waals surface area (Å²) in [5, 5.41) is 7.14. The summed E-state index contributed by atoms with van der Waals surface area (Å²) in [5.74, 6) is 0.522. The molecule has 55 heavy (non-hydrogen) atoms. The molecule has 0 aromatic heterocycles. The van der Waals surface area contributed by atoms with Crippen molar-refractivity contribution in [3.05, 3.63) is 158 Å². The summed E-state index contributed by atoms with van der Waals surface area (Å²) in [4.78, 5) is 0. The van der Waals surface area contributed by atoms with E-state index in [0.29, 0.717) is 11.3 Å². The van der Waals surface area contributed by atoms with Crippen LogP contribution in [0, 0.1) is 17.4 Å². The van der Waals surface area contributed by atoms with Crippen LogP contribution in [0.25, 0.3) is 32.7 Å². The van der Waals surface area contributed by atoms with Crippen molar-refractivity contribution in [2.45, 2.75) is 92.9 Å². The molecule has 286 valence electrons. The number of allylic oxidation sites excluding steroid dienone is 8. The van der Waals surface area contributed by atoms with Gasteiger partial charge in [0.25, 0.3) is 0 Å². The third-order valence-corrected chi connectivity index (χ3v) is 13.0. The molecule has 5 aromatic rings. The summed E-state index contributed by atoms with van der Waals surface area (Å²) >= 11 is 13.3. The van der Waals surface area contributed by atoms with Crippen molar-refractivity contribution in [1.29, 1.82) is 0 Å². The molecule has 8 rings (SSSR count). The molecule has 0 amide bonds. The Kier molecular flexibility index (Phi) is 14.5. The van der Waals surface area contributed by atoms with Crippen LogP contribution in [-0.2, 0) is 35.1 Å². The summed E-state index contributed by atoms with van der Waals surface area (Å²) in [6.07, 6.45) is 14.7. The van der Waals surface area contributed by atoms with Crippen LogP contribution in [0.2, 0.25) is 10.0 Å². The Morgan fingerprint density at radius 3 is 1.51 bits per heavy atom. The molecule has 1 atom stereocenters. The number of halogens is 4. The predicted molar refractivity (Wildman–Crippen MR) is 230 cm³/mol. The van der Waals surface area contributed by atoms with E-state index in [0.717, 1.165) is 34.0 Å². The maximum atomic E-state index is 5.98. The summed E-state index contributed by atoms with van der Waals surface area (Å²) in [7, 11) is 0. The molecule has 1 unspecified atom stereocenters. The second kappa shape index (κ2) is 17.6. The van der Waals surface area contributed by atoms with Crippen molar-refractivity contribution >= 4 is 59.1 Å². The second-order valence-corrected chi connectivity index (χ2v) is 19.5. The molecule has 0 saturated carbocycles. The molecule has 0 bridgehead atoms. The molecule has 3 aliphatic rings. The number of rotatable bonds is 2. The normalized spacial score (nSPS) is 17.5. The zero-order valence-electron chi connectivity index (χ0n) is 33.8. The van der Waals surface area contributed by atoms with Gasteiger partial charge in [-0.15, -0.1) is 39.7 Å². The zero-order valence-corrected chi connectivity index (χ0v) is 39.3. The monoisotopic (exact) mass is 882 g/mol. The topological polar surface area (TPSA) is 0 Å². The summed E-state index contributed by atoms with van der Waals surface area (Å²) in [6.45, 7) is 22.9. The largest absolute Gasteiger partial charge is 1.00 e. The number of hydrogen-bond donors (Lipinski definition) is 0.